The zero-order chi connectivity index (χ0) is 18.1. The Labute approximate surface area is 154 Å². The van der Waals surface area contributed by atoms with Gasteiger partial charge in [-0.3, -0.25) is 4.90 Å². The van der Waals surface area contributed by atoms with Crippen LogP contribution in [0.2, 0.25) is 0 Å². The summed E-state index contributed by atoms with van der Waals surface area (Å²) in [6, 6.07) is 8.32. The second-order valence-corrected chi connectivity index (χ2v) is 9.06. The molecule has 1 atom stereocenters. The fraction of sp³-hybridized carbons (Fsp3) is 0.444. The topological polar surface area (TPSA) is 71.3 Å². The number of aryl methyl sites for hydroxylation is 1. The molecule has 1 saturated heterocycles. The summed E-state index contributed by atoms with van der Waals surface area (Å²) >= 11 is 0. The molecule has 26 heavy (non-hydrogen) atoms. The molecule has 1 aromatic carbocycles. The van der Waals surface area contributed by atoms with Gasteiger partial charge < -0.3 is 0 Å². The molecule has 0 spiro atoms. The SMILES string of the molecule is Cc1ccc(Cn2cc(CN3CC(N4CC=CC4)CS3(=O)=O)nn2)cc1. The molecule has 1 unspecified atom stereocenters. The van der Waals surface area contributed by atoms with E-state index in [0.717, 1.165) is 18.7 Å². The lowest BCUT2D eigenvalue weighted by atomic mass is 10.1. The maximum absolute atomic E-state index is 12.5. The molecule has 0 N–H and O–H groups in total. The average molecular weight is 373 g/mol. The monoisotopic (exact) mass is 373 g/mol. The fourth-order valence-corrected chi connectivity index (χ4v) is 5.22. The number of benzene rings is 1. The van der Waals surface area contributed by atoms with E-state index in [1.54, 1.807) is 4.68 Å². The van der Waals surface area contributed by atoms with Crippen LogP contribution in [0.25, 0.3) is 0 Å². The summed E-state index contributed by atoms with van der Waals surface area (Å²) in [7, 11) is -3.24. The van der Waals surface area contributed by atoms with E-state index in [1.807, 2.05) is 6.20 Å². The van der Waals surface area contributed by atoms with Crippen molar-refractivity contribution in [3.63, 3.8) is 0 Å². The van der Waals surface area contributed by atoms with Crippen molar-refractivity contribution in [3.05, 3.63) is 59.4 Å². The minimum atomic E-state index is -3.24. The minimum absolute atomic E-state index is 0.0533. The molecule has 0 aliphatic carbocycles. The molecule has 0 saturated carbocycles. The van der Waals surface area contributed by atoms with Gasteiger partial charge in [0.15, 0.2) is 0 Å². The lowest BCUT2D eigenvalue weighted by molar-refractivity contribution is 0.250. The van der Waals surface area contributed by atoms with Gasteiger partial charge in [0.1, 0.15) is 0 Å². The van der Waals surface area contributed by atoms with E-state index in [9.17, 15) is 8.42 Å². The Kier molecular flexibility index (Phi) is 4.64. The first-order chi connectivity index (χ1) is 12.5. The molecular formula is C18H23N5O2S. The van der Waals surface area contributed by atoms with Crippen LogP contribution in [-0.2, 0) is 23.1 Å². The normalized spacial score (nSPS) is 23.0. The van der Waals surface area contributed by atoms with Gasteiger partial charge in [-0.15, -0.1) is 5.10 Å². The van der Waals surface area contributed by atoms with Crippen molar-refractivity contribution in [3.8, 4) is 0 Å². The van der Waals surface area contributed by atoms with Gasteiger partial charge in [-0.1, -0.05) is 47.2 Å². The highest BCUT2D eigenvalue weighted by Crippen LogP contribution is 2.22. The smallest absolute Gasteiger partial charge is 0.216 e. The van der Waals surface area contributed by atoms with Crippen molar-refractivity contribution in [1.29, 1.82) is 0 Å². The molecule has 2 aliphatic heterocycles. The van der Waals surface area contributed by atoms with Crippen LogP contribution in [0.1, 0.15) is 16.8 Å². The highest BCUT2D eigenvalue weighted by Gasteiger charge is 2.39. The van der Waals surface area contributed by atoms with Gasteiger partial charge >= 0.3 is 0 Å². The highest BCUT2D eigenvalue weighted by atomic mass is 32.2. The van der Waals surface area contributed by atoms with E-state index in [1.165, 1.54) is 9.87 Å². The van der Waals surface area contributed by atoms with Gasteiger partial charge in [0.05, 0.1) is 30.7 Å². The molecule has 2 aromatic rings. The molecule has 3 heterocycles. The summed E-state index contributed by atoms with van der Waals surface area (Å²) in [5, 5.41) is 8.31. The van der Waals surface area contributed by atoms with Crippen molar-refractivity contribution in [2.45, 2.75) is 26.1 Å². The lowest BCUT2D eigenvalue weighted by Gasteiger charge is -2.21. The third-order valence-electron chi connectivity index (χ3n) is 4.96. The number of nitrogens with zero attached hydrogens (tertiary/aromatic N) is 5. The molecule has 0 bridgehead atoms. The van der Waals surface area contributed by atoms with Crippen molar-refractivity contribution in [1.82, 2.24) is 24.2 Å². The Hall–Kier alpha value is -2.03. The van der Waals surface area contributed by atoms with Crippen molar-refractivity contribution in [2.75, 3.05) is 25.4 Å². The molecule has 2 aliphatic rings. The number of rotatable bonds is 5. The Morgan fingerprint density at radius 1 is 1.12 bits per heavy atom. The first-order valence-corrected chi connectivity index (χ1v) is 10.4. The maximum Gasteiger partial charge on any atom is 0.216 e. The summed E-state index contributed by atoms with van der Waals surface area (Å²) in [5.74, 6) is 0.187. The summed E-state index contributed by atoms with van der Waals surface area (Å²) in [4.78, 5) is 2.20. The molecule has 1 aromatic heterocycles. The number of sulfonamides is 1. The van der Waals surface area contributed by atoms with E-state index < -0.39 is 10.0 Å². The van der Waals surface area contributed by atoms with Gasteiger partial charge in [-0.05, 0) is 12.5 Å². The lowest BCUT2D eigenvalue weighted by Crippen LogP contribution is -2.37. The zero-order valence-corrected chi connectivity index (χ0v) is 15.6. The predicted molar refractivity (Wildman–Crippen MR) is 99.0 cm³/mol. The predicted octanol–water partition coefficient (Wildman–Crippen LogP) is 1.02. The summed E-state index contributed by atoms with van der Waals surface area (Å²) in [6.45, 7) is 5.16. The van der Waals surface area contributed by atoms with Crippen molar-refractivity contribution >= 4 is 10.0 Å². The Balaban J connectivity index is 1.41. The van der Waals surface area contributed by atoms with Crippen LogP contribution in [0.15, 0.2) is 42.6 Å². The van der Waals surface area contributed by atoms with Crippen LogP contribution in [0, 0.1) is 6.92 Å². The van der Waals surface area contributed by atoms with Gasteiger partial charge in [0.2, 0.25) is 10.0 Å². The second-order valence-electron chi connectivity index (χ2n) is 7.04. The van der Waals surface area contributed by atoms with Crippen LogP contribution < -0.4 is 0 Å². The molecule has 7 nitrogen and oxygen atoms in total. The third-order valence-corrected chi connectivity index (χ3v) is 6.83. The first kappa shape index (κ1) is 17.4. The second kappa shape index (κ2) is 6.94. The molecule has 8 heteroatoms. The Bertz CT molecular complexity index is 896. The highest BCUT2D eigenvalue weighted by molar-refractivity contribution is 7.89. The quantitative estimate of drug-likeness (QED) is 0.732. The summed E-state index contributed by atoms with van der Waals surface area (Å²) in [6.07, 6.45) is 6.01. The maximum atomic E-state index is 12.5. The van der Waals surface area contributed by atoms with Crippen molar-refractivity contribution in [2.24, 2.45) is 0 Å². The molecule has 138 valence electrons. The Morgan fingerprint density at radius 2 is 1.85 bits per heavy atom. The first-order valence-electron chi connectivity index (χ1n) is 8.81. The van der Waals surface area contributed by atoms with E-state index in [4.69, 9.17) is 0 Å². The summed E-state index contributed by atoms with van der Waals surface area (Å²) < 4.78 is 28.3. The van der Waals surface area contributed by atoms with Crippen LogP contribution >= 0.6 is 0 Å². The fourth-order valence-electron chi connectivity index (χ4n) is 3.48. The van der Waals surface area contributed by atoms with Crippen LogP contribution in [0.3, 0.4) is 0 Å². The van der Waals surface area contributed by atoms with E-state index in [-0.39, 0.29) is 18.3 Å². The minimum Gasteiger partial charge on any atom is -0.291 e. The third kappa shape index (κ3) is 3.72. The molecule has 1 fully saturated rings. The average Bonchev–Trinajstić information content (AvgIpc) is 3.32. The summed E-state index contributed by atoms with van der Waals surface area (Å²) in [5.41, 5.74) is 3.04. The standard InChI is InChI=1S/C18H23N5O2S/c1-15-4-6-16(7-5-15)10-22-11-17(19-20-22)12-23-13-18(14-26(23,24)25)21-8-2-3-9-21/h2-7,11,18H,8-10,12-14H2,1H3. The van der Waals surface area contributed by atoms with Gasteiger partial charge in [0.25, 0.3) is 0 Å². The van der Waals surface area contributed by atoms with Crippen LogP contribution in [0.4, 0.5) is 0 Å². The number of hydrogen-bond donors (Lipinski definition) is 0. The van der Waals surface area contributed by atoms with Gasteiger partial charge in [0, 0.05) is 25.7 Å². The van der Waals surface area contributed by atoms with Gasteiger partial charge in [-0.2, -0.15) is 4.31 Å². The van der Waals surface area contributed by atoms with Crippen molar-refractivity contribution < 1.29 is 8.42 Å². The molecular weight excluding hydrogens is 350 g/mol. The molecule has 0 radical (unpaired) electrons. The zero-order valence-electron chi connectivity index (χ0n) is 14.8. The molecule has 0 amide bonds. The Morgan fingerprint density at radius 3 is 2.58 bits per heavy atom. The van der Waals surface area contributed by atoms with E-state index in [2.05, 4.69) is 58.6 Å². The van der Waals surface area contributed by atoms with Gasteiger partial charge in [-0.25, -0.2) is 13.1 Å². The van der Waals surface area contributed by atoms with Crippen LogP contribution in [0.5, 0.6) is 0 Å². The number of aromatic nitrogens is 3. The number of hydrogen-bond acceptors (Lipinski definition) is 5. The van der Waals surface area contributed by atoms with Crippen LogP contribution in [-0.4, -0.2) is 64.0 Å². The molecule has 4 rings (SSSR count). The van der Waals surface area contributed by atoms with E-state index in [0.29, 0.717) is 18.8 Å². The van der Waals surface area contributed by atoms with E-state index >= 15 is 0 Å². The largest absolute Gasteiger partial charge is 0.291 e.